The third kappa shape index (κ3) is 5.57. The Balaban J connectivity index is 1.52. The van der Waals surface area contributed by atoms with E-state index in [0.29, 0.717) is 49.3 Å². The number of nitrogens with one attached hydrogen (secondary N) is 1. The number of carbonyl (C=O) groups is 2. The maximum Gasteiger partial charge on any atom is 0.252 e. The van der Waals surface area contributed by atoms with Gasteiger partial charge in [0.2, 0.25) is 5.91 Å². The molecule has 3 N–H and O–H groups in total. The van der Waals surface area contributed by atoms with E-state index < -0.39 is 35.5 Å². The van der Waals surface area contributed by atoms with Gasteiger partial charge < -0.3 is 20.7 Å². The molecule has 0 unspecified atom stereocenters. The second-order valence-electron chi connectivity index (χ2n) is 7.85. The summed E-state index contributed by atoms with van der Waals surface area (Å²) in [5, 5.41) is 2.74. The summed E-state index contributed by atoms with van der Waals surface area (Å²) in [4.78, 5) is 34.3. The lowest BCUT2D eigenvalue weighted by atomic mass is 10.1. The molecule has 0 saturated carbocycles. The van der Waals surface area contributed by atoms with Crippen LogP contribution in [0.4, 0.5) is 24.5 Å². The Morgan fingerprint density at radius 3 is 2.57 bits per heavy atom. The fourth-order valence-electron chi connectivity index (χ4n) is 3.67. The number of rotatable bonds is 7. The Morgan fingerprint density at radius 1 is 1.06 bits per heavy atom. The highest BCUT2D eigenvalue weighted by molar-refractivity contribution is 5.98. The smallest absolute Gasteiger partial charge is 0.252 e. The van der Waals surface area contributed by atoms with Gasteiger partial charge in [-0.1, -0.05) is 0 Å². The quantitative estimate of drug-likeness (QED) is 0.498. The monoisotopic (exact) mass is 485 g/mol. The van der Waals surface area contributed by atoms with Gasteiger partial charge in [0.15, 0.2) is 11.6 Å². The van der Waals surface area contributed by atoms with Crippen molar-refractivity contribution in [2.24, 2.45) is 5.73 Å². The SMILES string of the molecule is NC(=O)c1cnc(Cc2ccc(N3CCOCCC3=O)cn2)cc1NCc1c(F)ccc(F)c1F. The summed E-state index contributed by atoms with van der Waals surface area (Å²) in [6.45, 7) is 0.864. The van der Waals surface area contributed by atoms with Crippen molar-refractivity contribution in [1.29, 1.82) is 0 Å². The van der Waals surface area contributed by atoms with E-state index in [4.69, 9.17) is 10.5 Å². The van der Waals surface area contributed by atoms with E-state index in [2.05, 4.69) is 15.3 Å². The van der Waals surface area contributed by atoms with Crippen LogP contribution in [0.3, 0.4) is 0 Å². The molecule has 3 aromatic rings. The number of pyridine rings is 2. The summed E-state index contributed by atoms with van der Waals surface area (Å²) >= 11 is 0. The van der Waals surface area contributed by atoms with Gasteiger partial charge in [0, 0.05) is 42.7 Å². The lowest BCUT2D eigenvalue weighted by Crippen LogP contribution is -2.31. The molecule has 2 amide bonds. The van der Waals surface area contributed by atoms with E-state index in [1.807, 2.05) is 0 Å². The predicted molar refractivity (Wildman–Crippen MR) is 121 cm³/mol. The topological polar surface area (TPSA) is 110 Å². The molecule has 35 heavy (non-hydrogen) atoms. The molecule has 2 aromatic heterocycles. The van der Waals surface area contributed by atoms with Crippen LogP contribution in [0.25, 0.3) is 0 Å². The van der Waals surface area contributed by atoms with Crippen molar-refractivity contribution in [1.82, 2.24) is 9.97 Å². The summed E-state index contributed by atoms with van der Waals surface area (Å²) in [6.07, 6.45) is 3.42. The second kappa shape index (κ2) is 10.5. The Morgan fingerprint density at radius 2 is 1.83 bits per heavy atom. The number of carbonyl (C=O) groups excluding carboxylic acids is 2. The van der Waals surface area contributed by atoms with Gasteiger partial charge in [0.25, 0.3) is 5.91 Å². The van der Waals surface area contributed by atoms with Gasteiger partial charge in [-0.2, -0.15) is 0 Å². The molecule has 4 rings (SSSR count). The minimum Gasteiger partial charge on any atom is -0.380 e. The van der Waals surface area contributed by atoms with Crippen molar-refractivity contribution in [3.63, 3.8) is 0 Å². The van der Waals surface area contributed by atoms with Crippen LogP contribution in [0.15, 0.2) is 42.7 Å². The molecule has 0 aliphatic carbocycles. The number of primary amides is 1. The van der Waals surface area contributed by atoms with Gasteiger partial charge >= 0.3 is 0 Å². The van der Waals surface area contributed by atoms with Crippen molar-refractivity contribution in [3.05, 3.63) is 82.7 Å². The number of hydrogen-bond acceptors (Lipinski definition) is 6. The first-order chi connectivity index (χ1) is 16.8. The number of ether oxygens (including phenoxy) is 1. The van der Waals surface area contributed by atoms with Gasteiger partial charge in [-0.15, -0.1) is 0 Å². The first kappa shape index (κ1) is 24.1. The van der Waals surface area contributed by atoms with Gasteiger partial charge in [0.05, 0.1) is 42.8 Å². The summed E-state index contributed by atoms with van der Waals surface area (Å²) in [5.41, 5.74) is 6.88. The van der Waals surface area contributed by atoms with Gasteiger partial charge in [0.1, 0.15) is 5.82 Å². The molecule has 11 heteroatoms. The molecule has 182 valence electrons. The molecule has 0 spiro atoms. The lowest BCUT2D eigenvalue weighted by molar-refractivity contribution is -0.118. The molecule has 1 aliphatic rings. The minimum absolute atomic E-state index is 0.0103. The van der Waals surface area contributed by atoms with E-state index in [1.165, 1.54) is 12.3 Å². The molecule has 0 radical (unpaired) electrons. The predicted octanol–water partition coefficient (Wildman–Crippen LogP) is 2.95. The molecule has 1 fully saturated rings. The molecule has 8 nitrogen and oxygen atoms in total. The average Bonchev–Trinajstić information content (AvgIpc) is 3.06. The minimum atomic E-state index is -1.31. The average molecular weight is 485 g/mol. The van der Waals surface area contributed by atoms with Gasteiger partial charge in [-0.25, -0.2) is 13.2 Å². The zero-order valence-electron chi connectivity index (χ0n) is 18.6. The number of aromatic nitrogens is 2. The third-order valence-corrected chi connectivity index (χ3v) is 5.52. The van der Waals surface area contributed by atoms with E-state index >= 15 is 0 Å². The van der Waals surface area contributed by atoms with Crippen LogP contribution in [0.2, 0.25) is 0 Å². The van der Waals surface area contributed by atoms with Crippen LogP contribution in [0.5, 0.6) is 0 Å². The van der Waals surface area contributed by atoms with Crippen LogP contribution in [-0.4, -0.2) is 41.5 Å². The van der Waals surface area contributed by atoms with Crippen LogP contribution >= 0.6 is 0 Å². The number of nitrogens with zero attached hydrogens (tertiary/aromatic N) is 3. The first-order valence-corrected chi connectivity index (χ1v) is 10.8. The lowest BCUT2D eigenvalue weighted by Gasteiger charge is -2.19. The van der Waals surface area contributed by atoms with Gasteiger partial charge in [-0.3, -0.25) is 19.6 Å². The molecule has 1 saturated heterocycles. The highest BCUT2D eigenvalue weighted by Gasteiger charge is 2.19. The molecular weight excluding hydrogens is 463 g/mol. The van der Waals surface area contributed by atoms with E-state index in [9.17, 15) is 22.8 Å². The maximum absolute atomic E-state index is 14.0. The summed E-state index contributed by atoms with van der Waals surface area (Å²) in [5.74, 6) is -4.25. The van der Waals surface area contributed by atoms with Crippen molar-refractivity contribution >= 4 is 23.2 Å². The number of benzene rings is 1. The fraction of sp³-hybridized carbons (Fsp3) is 0.250. The van der Waals surface area contributed by atoms with E-state index in [0.717, 1.165) is 6.07 Å². The number of amides is 2. The fourth-order valence-corrected chi connectivity index (χ4v) is 3.67. The normalized spacial score (nSPS) is 14.0. The number of anilines is 2. The summed E-state index contributed by atoms with van der Waals surface area (Å²) in [7, 11) is 0. The third-order valence-electron chi connectivity index (χ3n) is 5.52. The molecular formula is C24H22F3N5O3. The number of halogens is 3. The molecule has 0 bridgehead atoms. The largest absolute Gasteiger partial charge is 0.380 e. The molecule has 0 atom stereocenters. The number of nitrogens with two attached hydrogens (primary N) is 1. The Bertz CT molecular complexity index is 1250. The van der Waals surface area contributed by atoms with E-state index in [-0.39, 0.29) is 23.6 Å². The first-order valence-electron chi connectivity index (χ1n) is 10.8. The second-order valence-corrected chi connectivity index (χ2v) is 7.85. The van der Waals surface area contributed by atoms with E-state index in [1.54, 1.807) is 23.2 Å². The highest BCUT2D eigenvalue weighted by Crippen LogP contribution is 2.22. The number of hydrogen-bond donors (Lipinski definition) is 2. The zero-order valence-corrected chi connectivity index (χ0v) is 18.6. The van der Waals surface area contributed by atoms with Crippen LogP contribution < -0.4 is 16.0 Å². The van der Waals surface area contributed by atoms with Crippen LogP contribution in [0.1, 0.15) is 33.7 Å². The molecule has 3 heterocycles. The Kier molecular flexibility index (Phi) is 7.25. The van der Waals surface area contributed by atoms with Crippen molar-refractivity contribution < 1.29 is 27.5 Å². The Hall–Kier alpha value is -3.99. The van der Waals surface area contributed by atoms with Crippen LogP contribution in [0, 0.1) is 17.5 Å². The van der Waals surface area contributed by atoms with Crippen LogP contribution in [-0.2, 0) is 22.5 Å². The Labute approximate surface area is 198 Å². The van der Waals surface area contributed by atoms with Crippen molar-refractivity contribution in [2.45, 2.75) is 19.4 Å². The summed E-state index contributed by atoms with van der Waals surface area (Å²) < 4.78 is 46.8. The standard InChI is InChI=1S/C24H22F3N5O3/c25-19-3-4-20(26)23(27)17(19)12-31-21-10-15(30-13-18(21)24(28)34)9-14-1-2-16(11-29-14)32-6-8-35-7-5-22(32)33/h1-4,10-11,13H,5-9,12H2,(H2,28,34)(H,30,31). The highest BCUT2D eigenvalue weighted by atomic mass is 19.2. The zero-order chi connectivity index (χ0) is 24.9. The van der Waals surface area contributed by atoms with Gasteiger partial charge in [-0.05, 0) is 30.3 Å². The molecule has 1 aromatic carbocycles. The molecule has 1 aliphatic heterocycles. The van der Waals surface area contributed by atoms with Crippen molar-refractivity contribution in [2.75, 3.05) is 30.0 Å². The maximum atomic E-state index is 14.0. The van der Waals surface area contributed by atoms with Crippen molar-refractivity contribution in [3.8, 4) is 0 Å². The summed E-state index contributed by atoms with van der Waals surface area (Å²) in [6, 6.07) is 6.56.